The highest BCUT2D eigenvalue weighted by atomic mass is 16.5. The van der Waals surface area contributed by atoms with Gasteiger partial charge in [-0.05, 0) is 6.42 Å². The average Bonchev–Trinajstić information content (AvgIpc) is 2.22. The van der Waals surface area contributed by atoms with Crippen molar-refractivity contribution in [2.45, 2.75) is 37.7 Å². The van der Waals surface area contributed by atoms with Crippen molar-refractivity contribution >= 4 is 0 Å². The number of hydrogen-bond acceptors (Lipinski definition) is 5. The first-order valence-corrected chi connectivity index (χ1v) is 5.10. The van der Waals surface area contributed by atoms with Crippen molar-refractivity contribution in [2.24, 2.45) is 11.1 Å². The molecule has 90 valence electrons. The van der Waals surface area contributed by atoms with E-state index < -0.39 is 17.6 Å². The van der Waals surface area contributed by atoms with Crippen molar-refractivity contribution in [3.63, 3.8) is 0 Å². The molecule has 0 aromatic carbocycles. The third-order valence-corrected chi connectivity index (χ3v) is 3.38. The summed E-state index contributed by atoms with van der Waals surface area (Å²) in [5.41, 5.74) is 5.33. The number of aliphatic hydroxyl groups is 2. The molecule has 0 radical (unpaired) electrons. The van der Waals surface area contributed by atoms with Crippen LogP contribution in [0.3, 0.4) is 0 Å². The predicted octanol–water partition coefficient (Wildman–Crippen LogP) is -0.893. The predicted molar refractivity (Wildman–Crippen MR) is 55.4 cm³/mol. The highest BCUT2D eigenvalue weighted by Crippen LogP contribution is 2.37. The van der Waals surface area contributed by atoms with E-state index in [2.05, 4.69) is 0 Å². The summed E-state index contributed by atoms with van der Waals surface area (Å²) in [4.78, 5) is 0. The molecule has 5 nitrogen and oxygen atoms in total. The Balaban J connectivity index is 2.89. The summed E-state index contributed by atoms with van der Waals surface area (Å²) in [5, 5.41) is 19.4. The molecule has 0 saturated heterocycles. The third-order valence-electron chi connectivity index (χ3n) is 3.38. The molecule has 0 bridgehead atoms. The number of ether oxygens (including phenoxy) is 2. The summed E-state index contributed by atoms with van der Waals surface area (Å²) in [6.07, 6.45) is -1.07. The molecule has 1 fully saturated rings. The van der Waals surface area contributed by atoms with Gasteiger partial charge >= 0.3 is 0 Å². The van der Waals surface area contributed by atoms with Gasteiger partial charge in [-0.25, -0.2) is 0 Å². The second-order valence-corrected chi connectivity index (χ2v) is 4.53. The standard InChI is InChI=1S/C10H21NO4/c1-10(5-12)4-6(11)7(14-2)8(15-3)9(10)13/h6-9,12-13H,4-5,11H2,1-3H3/t6-,7+,8-,9+,10+/m0/s1. The van der Waals surface area contributed by atoms with Crippen LogP contribution >= 0.6 is 0 Å². The Morgan fingerprint density at radius 3 is 2.27 bits per heavy atom. The van der Waals surface area contributed by atoms with Crippen molar-refractivity contribution < 1.29 is 19.7 Å². The van der Waals surface area contributed by atoms with Gasteiger partial charge in [0.1, 0.15) is 12.2 Å². The minimum absolute atomic E-state index is 0.113. The zero-order chi connectivity index (χ0) is 11.6. The van der Waals surface area contributed by atoms with E-state index in [0.29, 0.717) is 6.42 Å². The fraction of sp³-hybridized carbons (Fsp3) is 1.00. The lowest BCUT2D eigenvalue weighted by atomic mass is 9.69. The molecule has 0 unspecified atom stereocenters. The van der Waals surface area contributed by atoms with E-state index in [9.17, 15) is 10.2 Å². The molecule has 0 aliphatic heterocycles. The zero-order valence-electron chi connectivity index (χ0n) is 9.51. The zero-order valence-corrected chi connectivity index (χ0v) is 9.51. The lowest BCUT2D eigenvalue weighted by molar-refractivity contribution is -0.179. The molecule has 0 aromatic heterocycles. The maximum atomic E-state index is 10.1. The summed E-state index contributed by atoms with van der Waals surface area (Å²) < 4.78 is 10.4. The monoisotopic (exact) mass is 219 g/mol. The second kappa shape index (κ2) is 4.76. The Labute approximate surface area is 90.2 Å². The van der Waals surface area contributed by atoms with Gasteiger partial charge in [0, 0.05) is 25.7 Å². The van der Waals surface area contributed by atoms with Crippen LogP contribution in [0.25, 0.3) is 0 Å². The van der Waals surface area contributed by atoms with Gasteiger partial charge in [-0.15, -0.1) is 0 Å². The van der Waals surface area contributed by atoms with E-state index in [4.69, 9.17) is 15.2 Å². The fourth-order valence-electron chi connectivity index (χ4n) is 2.33. The number of methoxy groups -OCH3 is 2. The summed E-state index contributed by atoms with van der Waals surface area (Å²) in [6, 6.07) is -0.236. The van der Waals surface area contributed by atoms with Crippen LogP contribution in [0.1, 0.15) is 13.3 Å². The summed E-state index contributed by atoms with van der Waals surface area (Å²) in [5.74, 6) is 0. The van der Waals surface area contributed by atoms with Crippen LogP contribution in [0, 0.1) is 5.41 Å². The first kappa shape index (κ1) is 12.9. The lowest BCUT2D eigenvalue weighted by Crippen LogP contribution is -2.62. The number of rotatable bonds is 3. The Morgan fingerprint density at radius 1 is 1.33 bits per heavy atom. The molecule has 0 heterocycles. The van der Waals surface area contributed by atoms with Crippen LogP contribution in [0.5, 0.6) is 0 Å². The van der Waals surface area contributed by atoms with Gasteiger partial charge in [0.05, 0.1) is 12.7 Å². The third kappa shape index (κ3) is 2.16. The van der Waals surface area contributed by atoms with Crippen molar-refractivity contribution in [3.05, 3.63) is 0 Å². The number of hydrogen-bond donors (Lipinski definition) is 3. The van der Waals surface area contributed by atoms with Crippen LogP contribution in [0.4, 0.5) is 0 Å². The van der Waals surface area contributed by atoms with Crippen LogP contribution in [0.15, 0.2) is 0 Å². The summed E-state index contributed by atoms with van der Waals surface area (Å²) in [6.45, 7) is 1.69. The smallest absolute Gasteiger partial charge is 0.111 e. The Morgan fingerprint density at radius 2 is 1.87 bits per heavy atom. The molecule has 4 N–H and O–H groups in total. The fourth-order valence-corrected chi connectivity index (χ4v) is 2.33. The highest BCUT2D eigenvalue weighted by molar-refractivity contribution is 5.02. The first-order valence-electron chi connectivity index (χ1n) is 5.10. The Kier molecular flexibility index (Phi) is 4.08. The van der Waals surface area contributed by atoms with E-state index in [1.54, 1.807) is 14.0 Å². The quantitative estimate of drug-likeness (QED) is 0.573. The minimum Gasteiger partial charge on any atom is -0.396 e. The van der Waals surface area contributed by atoms with Crippen LogP contribution in [-0.4, -0.2) is 55.4 Å². The molecule has 5 atom stereocenters. The van der Waals surface area contributed by atoms with E-state index >= 15 is 0 Å². The maximum Gasteiger partial charge on any atom is 0.111 e. The molecule has 1 rings (SSSR count). The van der Waals surface area contributed by atoms with E-state index in [1.807, 2.05) is 0 Å². The van der Waals surface area contributed by atoms with Crippen molar-refractivity contribution in [1.82, 2.24) is 0 Å². The number of nitrogens with two attached hydrogens (primary N) is 1. The van der Waals surface area contributed by atoms with Gasteiger partial charge in [-0.2, -0.15) is 0 Å². The summed E-state index contributed by atoms with van der Waals surface area (Å²) >= 11 is 0. The lowest BCUT2D eigenvalue weighted by Gasteiger charge is -2.47. The van der Waals surface area contributed by atoms with E-state index in [-0.39, 0.29) is 18.8 Å². The molecule has 15 heavy (non-hydrogen) atoms. The van der Waals surface area contributed by atoms with Gasteiger partial charge < -0.3 is 25.4 Å². The largest absolute Gasteiger partial charge is 0.396 e. The molecule has 1 aliphatic carbocycles. The van der Waals surface area contributed by atoms with Crippen molar-refractivity contribution in [2.75, 3.05) is 20.8 Å². The van der Waals surface area contributed by atoms with E-state index in [0.717, 1.165) is 0 Å². The van der Waals surface area contributed by atoms with Gasteiger partial charge in [0.25, 0.3) is 0 Å². The molecule has 5 heteroatoms. The van der Waals surface area contributed by atoms with Crippen molar-refractivity contribution in [1.29, 1.82) is 0 Å². The average molecular weight is 219 g/mol. The highest BCUT2D eigenvalue weighted by Gasteiger charge is 2.49. The molecule has 1 saturated carbocycles. The van der Waals surface area contributed by atoms with Gasteiger partial charge in [0.2, 0.25) is 0 Å². The maximum absolute atomic E-state index is 10.1. The topological polar surface area (TPSA) is 84.9 Å². The Bertz CT molecular complexity index is 214. The molecular weight excluding hydrogens is 198 g/mol. The molecule has 1 aliphatic rings. The minimum atomic E-state index is -0.766. The Hall–Kier alpha value is -0.200. The van der Waals surface area contributed by atoms with E-state index in [1.165, 1.54) is 7.11 Å². The van der Waals surface area contributed by atoms with Gasteiger partial charge in [0.15, 0.2) is 0 Å². The van der Waals surface area contributed by atoms with Crippen molar-refractivity contribution in [3.8, 4) is 0 Å². The van der Waals surface area contributed by atoms with Crippen LogP contribution < -0.4 is 5.73 Å². The first-order chi connectivity index (χ1) is 7.00. The molecule has 0 aromatic rings. The van der Waals surface area contributed by atoms with Crippen LogP contribution in [0.2, 0.25) is 0 Å². The normalized spacial score (nSPS) is 46.8. The number of aliphatic hydroxyl groups excluding tert-OH is 2. The van der Waals surface area contributed by atoms with Crippen LogP contribution in [-0.2, 0) is 9.47 Å². The van der Waals surface area contributed by atoms with Gasteiger partial charge in [-0.1, -0.05) is 6.92 Å². The molecular formula is C10H21NO4. The molecule has 0 spiro atoms. The molecule has 0 amide bonds. The summed E-state index contributed by atoms with van der Waals surface area (Å²) in [7, 11) is 3.06. The SMILES string of the molecule is CO[C@H]1[C@H](OC)[C@@H](N)C[C@](C)(CO)[C@@H]1O. The second-order valence-electron chi connectivity index (χ2n) is 4.53. The van der Waals surface area contributed by atoms with Gasteiger partial charge in [-0.3, -0.25) is 0 Å².